The Labute approximate surface area is 35.2 Å². The summed E-state index contributed by atoms with van der Waals surface area (Å²) in [4.78, 5) is 0. The van der Waals surface area contributed by atoms with Crippen LogP contribution in [0.1, 0.15) is 0 Å². The molecule has 0 aromatic carbocycles. The van der Waals surface area contributed by atoms with Crippen LogP contribution in [0.2, 0.25) is 0 Å². The van der Waals surface area contributed by atoms with Crippen LogP contribution in [0.15, 0.2) is 0 Å². The van der Waals surface area contributed by atoms with Crippen LogP contribution >= 0.6 is 7.51 Å². The first-order valence-corrected chi connectivity index (χ1v) is 3.21. The summed E-state index contributed by atoms with van der Waals surface area (Å²) >= 11 is 4.57. The molecule has 0 spiro atoms. The molecule has 0 aliphatic heterocycles. The quantitative estimate of drug-likeness (QED) is 0.490. The summed E-state index contributed by atoms with van der Waals surface area (Å²) in [6, 6.07) is 0. The summed E-state index contributed by atoms with van der Waals surface area (Å²) < 4.78 is 1.72. The average Bonchev–Trinajstić information content (AvgIpc) is 2.12. The summed E-state index contributed by atoms with van der Waals surface area (Å²) in [5.74, 6) is 0. The van der Waals surface area contributed by atoms with Crippen molar-refractivity contribution in [2.75, 3.05) is 0 Å². The van der Waals surface area contributed by atoms with E-state index in [1.165, 1.54) is 0 Å². The zero-order valence-corrected chi connectivity index (χ0v) is 4.17. The van der Waals surface area contributed by atoms with E-state index in [4.69, 9.17) is 0 Å². The monoisotopic (exact) mass is 108 g/mol. The minimum atomic E-state index is 0.420. The molecule has 5 heteroatoms. The molecule has 28 valence electrons. The van der Waals surface area contributed by atoms with E-state index in [9.17, 15) is 0 Å². The molecule has 5 heavy (non-hydrogen) atoms. The number of rotatable bonds is 1. The van der Waals surface area contributed by atoms with Crippen LogP contribution in [0.5, 0.6) is 0 Å². The molecule has 0 fully saturated rings. The minimum absolute atomic E-state index is 0.420. The molecule has 0 aliphatic carbocycles. The third-order valence-electron chi connectivity index (χ3n) is 0.315. The molecule has 0 saturated heterocycles. The Morgan fingerprint density at radius 3 is 2.20 bits per heavy atom. The van der Waals surface area contributed by atoms with Crippen LogP contribution in [0, 0.1) is 0 Å². The smallest absolute Gasteiger partial charge is 0.167 e. The van der Waals surface area contributed by atoms with Gasteiger partial charge in [0.1, 0.15) is 0 Å². The molecule has 2 N–H and O–H groups in total. The van der Waals surface area contributed by atoms with E-state index in [0.29, 0.717) is 7.51 Å². The maximum atomic E-state index is 4.57. The number of nitrogens with one attached hydrogen (secondary N) is 2. The Hall–Kier alpha value is -0.0800. The predicted molar refractivity (Wildman–Crippen MR) is 24.2 cm³/mol. The van der Waals surface area contributed by atoms with Crippen molar-refractivity contribution in [2.24, 2.45) is 0 Å². The fraction of sp³-hybridized carbons (Fsp3) is 0. The first kappa shape index (κ1) is 3.12. The number of aromatic amines is 2. The lowest BCUT2D eigenvalue weighted by Crippen LogP contribution is -1.49. The Bertz CT molecular complexity index is 93.8. The molecule has 1 rings (SSSR count). The van der Waals surface area contributed by atoms with E-state index >= 15 is 0 Å². The van der Waals surface area contributed by atoms with Crippen molar-refractivity contribution >= 4 is 19.3 Å². The maximum Gasteiger partial charge on any atom is 0.321 e. The molecule has 1 atom stereocenters. The number of H-pyrrole nitrogens is 2. The lowest BCUT2D eigenvalue weighted by molar-refractivity contribution is 1.26. The fourth-order valence-electron chi connectivity index (χ4n) is 0.0706. The molecule has 0 amide bonds. The molecule has 1 aromatic heterocycles. The first-order valence-electron chi connectivity index (χ1n) is 1.12. The van der Waals surface area contributed by atoms with Gasteiger partial charge in [-0.15, -0.1) is 0 Å². The second kappa shape index (κ2) is 0.954. The zero-order chi connectivity index (χ0) is 3.70. The van der Waals surface area contributed by atoms with Crippen molar-refractivity contribution in [1.29, 1.82) is 0 Å². The number of aromatic nitrogens is 3. The third kappa shape index (κ3) is 0.597. The van der Waals surface area contributed by atoms with Crippen LogP contribution in [0.3, 0.4) is 0 Å². The van der Waals surface area contributed by atoms with Gasteiger partial charge in [0, 0.05) is 0 Å². The molecule has 1 unspecified atom stereocenters. The molecule has 3 nitrogen and oxygen atoms in total. The van der Waals surface area contributed by atoms with E-state index in [-0.39, 0.29) is 0 Å². The summed E-state index contributed by atoms with van der Waals surface area (Å²) in [6.07, 6.45) is 0. The highest BCUT2D eigenvalue weighted by atomic mass is 32.4. The van der Waals surface area contributed by atoms with Gasteiger partial charge in [0.25, 0.3) is 0 Å². The lowest BCUT2D eigenvalue weighted by atomic mass is 13.2. The normalized spacial score (nSPS) is 10.4. The van der Waals surface area contributed by atoms with E-state index in [1.807, 2.05) is 0 Å². The fourth-order valence-corrected chi connectivity index (χ4v) is 0.486. The summed E-state index contributed by atoms with van der Waals surface area (Å²) in [6.45, 7) is 0. The van der Waals surface area contributed by atoms with Gasteiger partial charge in [0.15, 0.2) is 11.8 Å². The first-order chi connectivity index (χ1) is 2.43. The summed E-state index contributed by atoms with van der Waals surface area (Å²) in [7, 11) is 0.420. The Morgan fingerprint density at radius 1 is 1.60 bits per heavy atom. The molecular formula is H3N3PS+. The van der Waals surface area contributed by atoms with Crippen molar-refractivity contribution in [3.05, 3.63) is 0 Å². The number of hydrogen-bond donors (Lipinski definition) is 2. The van der Waals surface area contributed by atoms with Crippen molar-refractivity contribution < 1.29 is 0 Å². The highest BCUT2D eigenvalue weighted by Gasteiger charge is 1.88. The SMILES string of the molecule is S=[PH+]n1[nH][nH]1. The van der Waals surface area contributed by atoms with Gasteiger partial charge in [-0.25, -0.2) is 0 Å². The molecule has 0 saturated carbocycles. The van der Waals surface area contributed by atoms with Gasteiger partial charge >= 0.3 is 7.51 Å². The van der Waals surface area contributed by atoms with Gasteiger partial charge in [-0.3, -0.25) is 0 Å². The Morgan fingerprint density at radius 2 is 2.20 bits per heavy atom. The minimum Gasteiger partial charge on any atom is -0.167 e. The number of hydrogen-bond acceptors (Lipinski definition) is 1. The van der Waals surface area contributed by atoms with Crippen molar-refractivity contribution in [3.8, 4) is 0 Å². The van der Waals surface area contributed by atoms with Gasteiger partial charge in [-0.2, -0.15) is 10.4 Å². The Balaban J connectivity index is 2.64. The summed E-state index contributed by atoms with van der Waals surface area (Å²) in [5.41, 5.74) is 0. The van der Waals surface area contributed by atoms with E-state index in [1.54, 1.807) is 4.57 Å². The van der Waals surface area contributed by atoms with Crippen molar-refractivity contribution in [3.63, 3.8) is 0 Å². The van der Waals surface area contributed by atoms with Crippen molar-refractivity contribution in [1.82, 2.24) is 15.0 Å². The molecule has 1 aromatic rings. The predicted octanol–water partition coefficient (Wildman–Crippen LogP) is 0.0478. The van der Waals surface area contributed by atoms with E-state index in [2.05, 4.69) is 22.2 Å². The highest BCUT2D eigenvalue weighted by Crippen LogP contribution is 1.90. The third-order valence-corrected chi connectivity index (χ3v) is 1.27. The van der Waals surface area contributed by atoms with Gasteiger partial charge in [-0.1, -0.05) is 0 Å². The number of nitrogens with zero attached hydrogens (tertiary/aromatic N) is 1. The molecule has 0 bridgehead atoms. The zero-order valence-electron chi connectivity index (χ0n) is 2.36. The largest absolute Gasteiger partial charge is 0.321 e. The van der Waals surface area contributed by atoms with Gasteiger partial charge in [0.2, 0.25) is 0 Å². The highest BCUT2D eigenvalue weighted by molar-refractivity contribution is 7.95. The summed E-state index contributed by atoms with van der Waals surface area (Å²) in [5, 5.41) is 5.35. The van der Waals surface area contributed by atoms with Gasteiger partial charge in [0.05, 0.1) is 0 Å². The Kier molecular flexibility index (Phi) is 0.596. The van der Waals surface area contributed by atoms with Crippen LogP contribution in [0.4, 0.5) is 0 Å². The lowest BCUT2D eigenvalue weighted by Gasteiger charge is -1.38. The average molecular weight is 108 g/mol. The van der Waals surface area contributed by atoms with Crippen molar-refractivity contribution in [2.45, 2.75) is 0 Å². The van der Waals surface area contributed by atoms with E-state index in [0.717, 1.165) is 0 Å². The van der Waals surface area contributed by atoms with Crippen LogP contribution in [-0.2, 0) is 11.8 Å². The van der Waals surface area contributed by atoms with Crippen LogP contribution < -0.4 is 0 Å². The van der Waals surface area contributed by atoms with E-state index < -0.39 is 0 Å². The van der Waals surface area contributed by atoms with Gasteiger partial charge < -0.3 is 0 Å². The van der Waals surface area contributed by atoms with Gasteiger partial charge in [-0.05, 0) is 4.57 Å². The van der Waals surface area contributed by atoms with Crippen LogP contribution in [0.25, 0.3) is 0 Å². The second-order valence-corrected chi connectivity index (χ2v) is 1.83. The molecule has 1 heterocycles. The topological polar surface area (TPSA) is 36.5 Å². The molecule has 0 aliphatic rings. The standard InChI is InChI=1S/H2N3PS/c5-4-3-1-2-3/h1-2H/p+1. The van der Waals surface area contributed by atoms with Crippen LogP contribution in [-0.4, -0.2) is 15.0 Å². The second-order valence-electron chi connectivity index (χ2n) is 0.650. The molecule has 0 radical (unpaired) electrons. The molecular weight excluding hydrogens is 105 g/mol. The maximum absolute atomic E-state index is 4.57.